The summed E-state index contributed by atoms with van der Waals surface area (Å²) in [5.41, 5.74) is 5.53. The average molecular weight is 490 g/mol. The molecule has 1 amide bonds. The van der Waals surface area contributed by atoms with Gasteiger partial charge in [-0.1, -0.05) is 12.1 Å². The Morgan fingerprint density at radius 3 is 2.27 bits per heavy atom. The van der Waals surface area contributed by atoms with E-state index in [0.717, 1.165) is 33.7 Å². The van der Waals surface area contributed by atoms with Gasteiger partial charge in [-0.3, -0.25) is 14.8 Å². The van der Waals surface area contributed by atoms with E-state index >= 15 is 0 Å². The number of pyridine rings is 2. The number of fused-ring (bicyclic) bond motifs is 1. The summed E-state index contributed by atoms with van der Waals surface area (Å²) in [7, 11) is 1.35. The van der Waals surface area contributed by atoms with E-state index in [2.05, 4.69) is 25.9 Å². The molecule has 0 unspecified atom stereocenters. The first-order valence-corrected chi connectivity index (χ1v) is 11.5. The number of methoxy groups -OCH3 is 1. The highest BCUT2D eigenvalue weighted by molar-refractivity contribution is 6.05. The Kier molecular flexibility index (Phi) is 6.72. The minimum absolute atomic E-state index is 0.239. The zero-order valence-corrected chi connectivity index (χ0v) is 19.9. The molecule has 0 aliphatic rings. The lowest BCUT2D eigenvalue weighted by Gasteiger charge is -2.12. The summed E-state index contributed by atoms with van der Waals surface area (Å²) in [4.78, 5) is 33.4. The predicted molar refractivity (Wildman–Crippen MR) is 145 cm³/mol. The van der Waals surface area contributed by atoms with Gasteiger partial charge in [0.05, 0.1) is 18.2 Å². The molecule has 0 radical (unpaired) electrons. The summed E-state index contributed by atoms with van der Waals surface area (Å²) >= 11 is 0. The predicted octanol–water partition coefficient (Wildman–Crippen LogP) is 6.16. The van der Waals surface area contributed by atoms with Crippen LogP contribution in [-0.2, 0) is 4.74 Å². The fourth-order valence-electron chi connectivity index (χ4n) is 3.87. The van der Waals surface area contributed by atoms with Crippen molar-refractivity contribution >= 4 is 51.2 Å². The molecule has 8 heteroatoms. The van der Waals surface area contributed by atoms with E-state index in [9.17, 15) is 9.59 Å². The lowest BCUT2D eigenvalue weighted by molar-refractivity contribution is 0.0600. The summed E-state index contributed by atoms with van der Waals surface area (Å²) in [6.07, 6.45) is 5.11. The summed E-state index contributed by atoms with van der Waals surface area (Å²) in [5, 5.41) is 10.3. The number of ether oxygens (including phenoxy) is 1. The highest BCUT2D eigenvalue weighted by Crippen LogP contribution is 2.27. The number of anilines is 5. The van der Waals surface area contributed by atoms with Crippen LogP contribution in [0.2, 0.25) is 0 Å². The van der Waals surface area contributed by atoms with Gasteiger partial charge in [-0.05, 0) is 72.8 Å². The lowest BCUT2D eigenvalue weighted by atomic mass is 10.1. The van der Waals surface area contributed by atoms with Crippen molar-refractivity contribution in [1.82, 2.24) is 9.97 Å². The summed E-state index contributed by atoms with van der Waals surface area (Å²) in [5.74, 6) is -0.660. The van der Waals surface area contributed by atoms with Crippen molar-refractivity contribution in [2.75, 3.05) is 23.1 Å². The summed E-state index contributed by atoms with van der Waals surface area (Å²) in [6, 6.07) is 25.4. The Balaban J connectivity index is 1.34. The van der Waals surface area contributed by atoms with E-state index in [4.69, 9.17) is 4.74 Å². The van der Waals surface area contributed by atoms with Crippen molar-refractivity contribution in [1.29, 1.82) is 0 Å². The van der Waals surface area contributed by atoms with E-state index in [-0.39, 0.29) is 5.91 Å². The fraction of sp³-hybridized carbons (Fsp3) is 0.0345. The van der Waals surface area contributed by atoms with Gasteiger partial charge in [0.2, 0.25) is 0 Å². The van der Waals surface area contributed by atoms with Gasteiger partial charge in [-0.15, -0.1) is 0 Å². The Hall–Kier alpha value is -5.24. The second kappa shape index (κ2) is 10.6. The monoisotopic (exact) mass is 489 g/mol. The van der Waals surface area contributed by atoms with Crippen LogP contribution in [0.15, 0.2) is 104 Å². The van der Waals surface area contributed by atoms with E-state index < -0.39 is 5.97 Å². The Morgan fingerprint density at radius 1 is 0.703 bits per heavy atom. The molecule has 8 nitrogen and oxygen atoms in total. The minimum atomic E-state index is -0.421. The molecule has 5 rings (SSSR count). The smallest absolute Gasteiger partial charge is 0.337 e. The first-order valence-electron chi connectivity index (χ1n) is 11.5. The van der Waals surface area contributed by atoms with Crippen molar-refractivity contribution in [3.63, 3.8) is 0 Å². The second-order valence-corrected chi connectivity index (χ2v) is 8.18. The van der Waals surface area contributed by atoms with Gasteiger partial charge in [0.1, 0.15) is 0 Å². The van der Waals surface area contributed by atoms with Gasteiger partial charge < -0.3 is 20.7 Å². The minimum Gasteiger partial charge on any atom is -0.465 e. The van der Waals surface area contributed by atoms with Crippen LogP contribution in [0.25, 0.3) is 10.9 Å². The number of rotatable bonds is 7. The van der Waals surface area contributed by atoms with Crippen LogP contribution < -0.4 is 16.0 Å². The highest BCUT2D eigenvalue weighted by Gasteiger charge is 2.11. The molecule has 0 bridgehead atoms. The highest BCUT2D eigenvalue weighted by atomic mass is 16.5. The molecule has 0 aliphatic carbocycles. The third-order valence-electron chi connectivity index (χ3n) is 5.66. The van der Waals surface area contributed by atoms with Gasteiger partial charge in [0.15, 0.2) is 0 Å². The molecule has 0 saturated heterocycles. The molecule has 2 aromatic heterocycles. The van der Waals surface area contributed by atoms with Crippen LogP contribution in [-0.4, -0.2) is 29.0 Å². The number of hydrogen-bond acceptors (Lipinski definition) is 7. The van der Waals surface area contributed by atoms with Crippen LogP contribution in [0.4, 0.5) is 28.4 Å². The summed E-state index contributed by atoms with van der Waals surface area (Å²) in [6.45, 7) is 0. The van der Waals surface area contributed by atoms with Gasteiger partial charge in [0, 0.05) is 58.0 Å². The van der Waals surface area contributed by atoms with Crippen LogP contribution in [0.3, 0.4) is 0 Å². The number of carbonyl (C=O) groups is 2. The quantitative estimate of drug-likeness (QED) is 0.235. The van der Waals surface area contributed by atoms with Gasteiger partial charge >= 0.3 is 5.97 Å². The standard InChI is InChI=1S/C29H23N5O3/c1-37-29(36)20-8-9-26-25(17-20)27(12-15-31-26)33-22-5-2-4-19(16-22)28(35)34-24-7-3-6-23(18-24)32-21-10-13-30-14-11-21/h2-18H,1H3,(H,30,32)(H,31,33)(H,34,35). The molecule has 182 valence electrons. The fourth-order valence-corrected chi connectivity index (χ4v) is 3.87. The Morgan fingerprint density at radius 2 is 1.46 bits per heavy atom. The largest absolute Gasteiger partial charge is 0.465 e. The van der Waals surface area contributed by atoms with Crippen molar-refractivity contribution in [2.24, 2.45) is 0 Å². The van der Waals surface area contributed by atoms with Crippen LogP contribution in [0, 0.1) is 0 Å². The number of amides is 1. The van der Waals surface area contributed by atoms with E-state index in [0.29, 0.717) is 16.8 Å². The SMILES string of the molecule is COC(=O)c1ccc2nccc(Nc3cccc(C(=O)Nc4cccc(Nc5ccncc5)c4)c3)c2c1. The molecule has 2 heterocycles. The molecule has 0 saturated carbocycles. The van der Waals surface area contributed by atoms with Crippen LogP contribution in [0.1, 0.15) is 20.7 Å². The molecular weight excluding hydrogens is 466 g/mol. The zero-order chi connectivity index (χ0) is 25.6. The number of benzene rings is 3. The lowest BCUT2D eigenvalue weighted by Crippen LogP contribution is -2.12. The van der Waals surface area contributed by atoms with Gasteiger partial charge in [-0.2, -0.15) is 0 Å². The number of carbonyl (C=O) groups excluding carboxylic acids is 2. The van der Waals surface area contributed by atoms with Crippen molar-refractivity contribution in [3.05, 3.63) is 115 Å². The maximum absolute atomic E-state index is 13.0. The third-order valence-corrected chi connectivity index (χ3v) is 5.66. The van der Waals surface area contributed by atoms with Crippen molar-refractivity contribution in [3.8, 4) is 0 Å². The number of aromatic nitrogens is 2. The normalized spacial score (nSPS) is 10.5. The maximum atomic E-state index is 13.0. The third kappa shape index (κ3) is 5.54. The van der Waals surface area contributed by atoms with Crippen molar-refractivity contribution in [2.45, 2.75) is 0 Å². The molecular formula is C29H23N5O3. The van der Waals surface area contributed by atoms with E-state index in [1.165, 1.54) is 7.11 Å². The number of hydrogen-bond donors (Lipinski definition) is 3. The Labute approximate surface area is 213 Å². The van der Waals surface area contributed by atoms with E-state index in [1.807, 2.05) is 54.6 Å². The number of nitrogens with zero attached hydrogens (tertiary/aromatic N) is 2. The Bertz CT molecular complexity index is 1590. The van der Waals surface area contributed by atoms with Crippen LogP contribution >= 0.6 is 0 Å². The molecule has 0 atom stereocenters. The molecule has 5 aromatic rings. The zero-order valence-electron chi connectivity index (χ0n) is 19.9. The van der Waals surface area contributed by atoms with Crippen LogP contribution in [0.5, 0.6) is 0 Å². The first kappa shape index (κ1) is 23.5. The molecule has 3 N–H and O–H groups in total. The number of esters is 1. The average Bonchev–Trinajstić information content (AvgIpc) is 2.93. The molecule has 0 spiro atoms. The van der Waals surface area contributed by atoms with Crippen molar-refractivity contribution < 1.29 is 14.3 Å². The molecule has 0 aliphatic heterocycles. The topological polar surface area (TPSA) is 105 Å². The first-order chi connectivity index (χ1) is 18.1. The maximum Gasteiger partial charge on any atom is 0.337 e. The molecule has 3 aromatic carbocycles. The molecule has 37 heavy (non-hydrogen) atoms. The number of nitrogens with one attached hydrogen (secondary N) is 3. The van der Waals surface area contributed by atoms with E-state index in [1.54, 1.807) is 48.9 Å². The molecule has 0 fully saturated rings. The van der Waals surface area contributed by atoms with Gasteiger partial charge in [0.25, 0.3) is 5.91 Å². The van der Waals surface area contributed by atoms with Gasteiger partial charge in [-0.25, -0.2) is 4.79 Å². The summed E-state index contributed by atoms with van der Waals surface area (Å²) < 4.78 is 4.84. The second-order valence-electron chi connectivity index (χ2n) is 8.18.